The van der Waals surface area contributed by atoms with Gasteiger partial charge in [-0.25, -0.2) is 4.79 Å². The van der Waals surface area contributed by atoms with E-state index in [2.05, 4.69) is 4.99 Å². The fourth-order valence-corrected chi connectivity index (χ4v) is 4.76. The molecule has 2 fully saturated rings. The highest BCUT2D eigenvalue weighted by molar-refractivity contribution is 6.11. The molecule has 2 aliphatic heterocycles. The van der Waals surface area contributed by atoms with Gasteiger partial charge in [-0.3, -0.25) is 9.79 Å². The molecular weight excluding hydrogens is 398 g/mol. The molecule has 0 spiro atoms. The second-order valence-electron chi connectivity index (χ2n) is 8.27. The summed E-state index contributed by atoms with van der Waals surface area (Å²) in [5.41, 5.74) is 2.53. The highest BCUT2D eigenvalue weighted by atomic mass is 16.6. The van der Waals surface area contributed by atoms with Gasteiger partial charge in [0.2, 0.25) is 0 Å². The molecule has 166 valence electrons. The second-order valence-corrected chi connectivity index (χ2v) is 8.27. The van der Waals surface area contributed by atoms with Crippen LogP contribution >= 0.6 is 0 Å². The van der Waals surface area contributed by atoms with Crippen molar-refractivity contribution in [2.75, 3.05) is 19.8 Å². The van der Waals surface area contributed by atoms with Gasteiger partial charge in [0.1, 0.15) is 12.4 Å². The Balaban J connectivity index is 1.72. The Labute approximate surface area is 182 Å². The van der Waals surface area contributed by atoms with Gasteiger partial charge in [-0.15, -0.1) is 0 Å². The van der Waals surface area contributed by atoms with Gasteiger partial charge in [0, 0.05) is 30.4 Å². The Hall–Kier alpha value is -2.67. The molecule has 0 amide bonds. The molecule has 1 aliphatic carbocycles. The summed E-state index contributed by atoms with van der Waals surface area (Å²) < 4.78 is 16.7. The fourth-order valence-electron chi connectivity index (χ4n) is 4.76. The Kier molecular flexibility index (Phi) is 6.41. The maximum absolute atomic E-state index is 13.2. The third-order valence-corrected chi connectivity index (χ3v) is 6.19. The highest BCUT2D eigenvalue weighted by Crippen LogP contribution is 2.44. The molecule has 7 nitrogen and oxygen atoms in total. The number of nitrogens with zero attached hydrogens (tertiary/aromatic N) is 1. The molecule has 2 heterocycles. The molecule has 1 unspecified atom stereocenters. The van der Waals surface area contributed by atoms with Crippen LogP contribution < -0.4 is 4.74 Å². The summed E-state index contributed by atoms with van der Waals surface area (Å²) in [4.78, 5) is 30.8. The lowest BCUT2D eigenvalue weighted by molar-refractivity contribution is -0.142. The first kappa shape index (κ1) is 21.6. The topological polar surface area (TPSA) is 94.4 Å². The third-order valence-electron chi connectivity index (χ3n) is 6.19. The standard InChI is InChI=1S/C24H29NO6/c1-3-29-20-12-15(9-10-18(20)26)22-21(24(28)31-13-16-6-5-11-30-16)14(2)25-17-7-4-8-19(27)23(17)22/h9-10,12,16,22-23,26H,3-8,11,13H2,1-2H3/t16-,22-,23?/m1/s1. The molecule has 31 heavy (non-hydrogen) atoms. The molecule has 1 N–H and O–H groups in total. The number of rotatable bonds is 6. The zero-order valence-corrected chi connectivity index (χ0v) is 18.1. The first-order valence-electron chi connectivity index (χ1n) is 11.0. The van der Waals surface area contributed by atoms with Crippen LogP contribution in [0.15, 0.2) is 34.5 Å². The molecule has 1 saturated heterocycles. The first-order valence-corrected chi connectivity index (χ1v) is 11.0. The number of carbonyl (C=O) groups excluding carboxylic acids is 2. The maximum atomic E-state index is 13.2. The van der Waals surface area contributed by atoms with Gasteiger partial charge in [-0.1, -0.05) is 6.07 Å². The van der Waals surface area contributed by atoms with Gasteiger partial charge in [-0.05, 0) is 57.2 Å². The summed E-state index contributed by atoms with van der Waals surface area (Å²) >= 11 is 0. The minimum atomic E-state index is -0.517. The summed E-state index contributed by atoms with van der Waals surface area (Å²) in [6.07, 6.45) is 3.72. The van der Waals surface area contributed by atoms with Gasteiger partial charge < -0.3 is 19.3 Å². The van der Waals surface area contributed by atoms with E-state index in [0.29, 0.717) is 36.7 Å². The van der Waals surface area contributed by atoms with E-state index < -0.39 is 17.8 Å². The first-order chi connectivity index (χ1) is 15.0. The van der Waals surface area contributed by atoms with Crippen molar-refractivity contribution in [3.63, 3.8) is 0 Å². The zero-order chi connectivity index (χ0) is 22.0. The summed E-state index contributed by atoms with van der Waals surface area (Å²) in [5, 5.41) is 10.1. The molecule has 1 aromatic carbocycles. The molecule has 1 aromatic rings. The summed E-state index contributed by atoms with van der Waals surface area (Å²) in [6, 6.07) is 5.01. The van der Waals surface area contributed by atoms with E-state index in [1.807, 2.05) is 6.92 Å². The van der Waals surface area contributed by atoms with Crippen molar-refractivity contribution < 1.29 is 28.9 Å². The number of hydrogen-bond donors (Lipinski definition) is 1. The zero-order valence-electron chi connectivity index (χ0n) is 18.1. The number of aromatic hydroxyl groups is 1. The molecule has 0 aromatic heterocycles. The van der Waals surface area contributed by atoms with Crippen LogP contribution in [0, 0.1) is 5.92 Å². The minimum absolute atomic E-state index is 0.0217. The average Bonchev–Trinajstić information content (AvgIpc) is 3.27. The monoisotopic (exact) mass is 427 g/mol. The van der Waals surface area contributed by atoms with E-state index in [9.17, 15) is 14.7 Å². The SMILES string of the molecule is CCOc1cc([C@@H]2C(C(=O)OC[C@H]3CCCO3)=C(C)N=C3CCCC(=O)C32)ccc1O. The van der Waals surface area contributed by atoms with Crippen molar-refractivity contribution in [3.05, 3.63) is 35.0 Å². The third kappa shape index (κ3) is 4.37. The molecule has 1 saturated carbocycles. The Bertz CT molecular complexity index is 928. The number of Topliss-reactive ketones (excluding diaryl/α,β-unsaturated/α-hetero) is 1. The number of phenols is 1. The summed E-state index contributed by atoms with van der Waals surface area (Å²) in [5.74, 6) is -1.05. The molecule has 7 heteroatoms. The molecular formula is C24H29NO6. The van der Waals surface area contributed by atoms with Crippen LogP contribution in [0.5, 0.6) is 11.5 Å². The Morgan fingerprint density at radius 3 is 2.84 bits per heavy atom. The van der Waals surface area contributed by atoms with Gasteiger partial charge in [-0.2, -0.15) is 0 Å². The lowest BCUT2D eigenvalue weighted by Gasteiger charge is -2.35. The number of carbonyl (C=O) groups is 2. The summed E-state index contributed by atoms with van der Waals surface area (Å²) in [7, 11) is 0. The lowest BCUT2D eigenvalue weighted by atomic mass is 9.69. The normalized spacial score (nSPS) is 25.8. The quantitative estimate of drug-likeness (QED) is 0.696. The van der Waals surface area contributed by atoms with Crippen molar-refractivity contribution >= 4 is 17.5 Å². The van der Waals surface area contributed by atoms with Crippen molar-refractivity contribution in [3.8, 4) is 11.5 Å². The van der Waals surface area contributed by atoms with Crippen LogP contribution in [0.3, 0.4) is 0 Å². The van der Waals surface area contributed by atoms with Crippen LogP contribution in [0.1, 0.15) is 57.4 Å². The van der Waals surface area contributed by atoms with Crippen molar-refractivity contribution in [1.29, 1.82) is 0 Å². The molecule has 3 atom stereocenters. The predicted molar refractivity (Wildman–Crippen MR) is 114 cm³/mol. The number of ketones is 1. The number of aliphatic imine (C=N–C) groups is 1. The van der Waals surface area contributed by atoms with Crippen LogP contribution in [0.25, 0.3) is 0 Å². The number of esters is 1. The van der Waals surface area contributed by atoms with E-state index in [0.717, 1.165) is 37.0 Å². The lowest BCUT2D eigenvalue weighted by Crippen LogP contribution is -2.39. The van der Waals surface area contributed by atoms with Gasteiger partial charge >= 0.3 is 5.97 Å². The fraction of sp³-hybridized carbons (Fsp3) is 0.542. The number of benzene rings is 1. The molecule has 0 bridgehead atoms. The largest absolute Gasteiger partial charge is 0.504 e. The predicted octanol–water partition coefficient (Wildman–Crippen LogP) is 3.69. The Morgan fingerprint density at radius 2 is 2.10 bits per heavy atom. The van der Waals surface area contributed by atoms with Crippen LogP contribution in [0.4, 0.5) is 0 Å². The van der Waals surface area contributed by atoms with Crippen LogP contribution in [0.2, 0.25) is 0 Å². The number of hydrogen-bond acceptors (Lipinski definition) is 7. The van der Waals surface area contributed by atoms with Gasteiger partial charge in [0.05, 0.1) is 24.2 Å². The smallest absolute Gasteiger partial charge is 0.336 e. The van der Waals surface area contributed by atoms with Crippen molar-refractivity contribution in [2.24, 2.45) is 10.9 Å². The van der Waals surface area contributed by atoms with Crippen LogP contribution in [-0.2, 0) is 19.1 Å². The highest BCUT2D eigenvalue weighted by Gasteiger charge is 2.44. The van der Waals surface area contributed by atoms with Crippen molar-refractivity contribution in [1.82, 2.24) is 0 Å². The van der Waals surface area contributed by atoms with E-state index in [4.69, 9.17) is 14.2 Å². The van der Waals surface area contributed by atoms with E-state index >= 15 is 0 Å². The second kappa shape index (κ2) is 9.22. The number of phenolic OH excluding ortho intramolecular Hbond substituents is 1. The number of allylic oxidation sites excluding steroid dienone is 1. The van der Waals surface area contributed by atoms with Crippen LogP contribution in [-0.4, -0.2) is 48.5 Å². The molecule has 3 aliphatic rings. The number of ether oxygens (including phenoxy) is 3. The van der Waals surface area contributed by atoms with E-state index in [1.165, 1.54) is 0 Å². The van der Waals surface area contributed by atoms with E-state index in [-0.39, 0.29) is 24.2 Å². The molecule has 0 radical (unpaired) electrons. The number of fused-ring (bicyclic) bond motifs is 1. The Morgan fingerprint density at radius 1 is 1.26 bits per heavy atom. The van der Waals surface area contributed by atoms with Gasteiger partial charge in [0.15, 0.2) is 11.5 Å². The summed E-state index contributed by atoms with van der Waals surface area (Å²) in [6.45, 7) is 4.89. The van der Waals surface area contributed by atoms with E-state index in [1.54, 1.807) is 25.1 Å². The maximum Gasteiger partial charge on any atom is 0.336 e. The minimum Gasteiger partial charge on any atom is -0.504 e. The van der Waals surface area contributed by atoms with Gasteiger partial charge in [0.25, 0.3) is 0 Å². The molecule has 4 rings (SSSR count). The average molecular weight is 427 g/mol. The van der Waals surface area contributed by atoms with Crippen molar-refractivity contribution in [2.45, 2.75) is 58.0 Å².